The van der Waals surface area contributed by atoms with Crippen LogP contribution in [0.5, 0.6) is 0 Å². The SMILES string of the molecule is CCOC(=O)CCC(=O)N[C@H](CO)c1ccccc1. The second-order valence-corrected chi connectivity index (χ2v) is 4.02. The molecule has 1 amide bonds. The van der Waals surface area contributed by atoms with Gasteiger partial charge in [-0.05, 0) is 12.5 Å². The fraction of sp³-hybridized carbons (Fsp3) is 0.429. The Bertz CT molecular complexity index is 405. The monoisotopic (exact) mass is 265 g/mol. The third-order valence-corrected chi connectivity index (χ3v) is 2.58. The van der Waals surface area contributed by atoms with Crippen molar-refractivity contribution in [3.8, 4) is 0 Å². The van der Waals surface area contributed by atoms with Crippen molar-refractivity contribution in [3.05, 3.63) is 35.9 Å². The maximum Gasteiger partial charge on any atom is 0.306 e. The lowest BCUT2D eigenvalue weighted by Gasteiger charge is -2.16. The molecule has 2 N–H and O–H groups in total. The molecule has 0 unspecified atom stereocenters. The molecule has 19 heavy (non-hydrogen) atoms. The quantitative estimate of drug-likeness (QED) is 0.726. The lowest BCUT2D eigenvalue weighted by Crippen LogP contribution is -2.31. The first-order valence-electron chi connectivity index (χ1n) is 6.28. The summed E-state index contributed by atoms with van der Waals surface area (Å²) < 4.78 is 4.74. The summed E-state index contributed by atoms with van der Waals surface area (Å²) in [5, 5.41) is 12.0. The standard InChI is InChI=1S/C14H19NO4/c1-2-19-14(18)9-8-13(17)15-12(10-16)11-6-4-3-5-7-11/h3-7,12,16H,2,8-10H2,1H3,(H,15,17)/t12-/m1/s1. The number of aliphatic hydroxyl groups excluding tert-OH is 1. The number of hydrogen-bond acceptors (Lipinski definition) is 4. The highest BCUT2D eigenvalue weighted by Crippen LogP contribution is 2.11. The number of benzene rings is 1. The summed E-state index contributed by atoms with van der Waals surface area (Å²) in [4.78, 5) is 22.8. The van der Waals surface area contributed by atoms with Crippen molar-refractivity contribution in [3.63, 3.8) is 0 Å². The summed E-state index contributed by atoms with van der Waals surface area (Å²) in [6.07, 6.45) is 0.106. The highest BCUT2D eigenvalue weighted by atomic mass is 16.5. The summed E-state index contributed by atoms with van der Waals surface area (Å²) in [6, 6.07) is 8.74. The third-order valence-electron chi connectivity index (χ3n) is 2.58. The van der Waals surface area contributed by atoms with Crippen LogP contribution in [-0.4, -0.2) is 30.2 Å². The molecule has 0 aromatic heterocycles. The van der Waals surface area contributed by atoms with E-state index in [1.54, 1.807) is 6.92 Å². The number of hydrogen-bond donors (Lipinski definition) is 2. The van der Waals surface area contributed by atoms with Crippen LogP contribution in [0.15, 0.2) is 30.3 Å². The fourth-order valence-corrected chi connectivity index (χ4v) is 1.63. The van der Waals surface area contributed by atoms with Crippen molar-refractivity contribution in [1.82, 2.24) is 5.32 Å². The van der Waals surface area contributed by atoms with Gasteiger partial charge in [0, 0.05) is 6.42 Å². The van der Waals surface area contributed by atoms with Crippen molar-refractivity contribution in [2.45, 2.75) is 25.8 Å². The van der Waals surface area contributed by atoms with Crippen molar-refractivity contribution in [1.29, 1.82) is 0 Å². The van der Waals surface area contributed by atoms with Gasteiger partial charge < -0.3 is 15.2 Å². The first kappa shape index (κ1) is 15.2. The Morgan fingerprint density at radius 3 is 2.53 bits per heavy atom. The van der Waals surface area contributed by atoms with E-state index in [2.05, 4.69) is 5.32 Å². The third kappa shape index (κ3) is 5.52. The molecule has 0 radical (unpaired) electrons. The minimum atomic E-state index is -0.448. The zero-order chi connectivity index (χ0) is 14.1. The first-order valence-corrected chi connectivity index (χ1v) is 6.28. The van der Waals surface area contributed by atoms with Gasteiger partial charge in [0.15, 0.2) is 0 Å². The van der Waals surface area contributed by atoms with Crippen LogP contribution in [0.1, 0.15) is 31.4 Å². The Hall–Kier alpha value is -1.88. The Kier molecular flexibility index (Phi) is 6.60. The van der Waals surface area contributed by atoms with E-state index in [9.17, 15) is 14.7 Å². The van der Waals surface area contributed by atoms with Gasteiger partial charge in [-0.1, -0.05) is 30.3 Å². The van der Waals surface area contributed by atoms with Gasteiger partial charge in [0.25, 0.3) is 0 Å². The molecular formula is C14H19NO4. The Morgan fingerprint density at radius 1 is 1.26 bits per heavy atom. The zero-order valence-electron chi connectivity index (χ0n) is 11.0. The molecule has 0 aliphatic rings. The van der Waals surface area contributed by atoms with Crippen LogP contribution in [0.25, 0.3) is 0 Å². The van der Waals surface area contributed by atoms with E-state index in [1.165, 1.54) is 0 Å². The molecular weight excluding hydrogens is 246 g/mol. The molecule has 0 spiro atoms. The molecule has 104 valence electrons. The summed E-state index contributed by atoms with van der Waals surface area (Å²) >= 11 is 0. The molecule has 0 bridgehead atoms. The molecule has 1 rings (SSSR count). The maximum atomic E-state index is 11.7. The van der Waals surface area contributed by atoms with Crippen LogP contribution in [0.3, 0.4) is 0 Å². The zero-order valence-corrected chi connectivity index (χ0v) is 11.0. The van der Waals surface area contributed by atoms with Crippen molar-refractivity contribution in [2.24, 2.45) is 0 Å². The van der Waals surface area contributed by atoms with Crippen LogP contribution in [0, 0.1) is 0 Å². The van der Waals surface area contributed by atoms with Crippen LogP contribution < -0.4 is 5.32 Å². The van der Waals surface area contributed by atoms with Crippen molar-refractivity contribution in [2.75, 3.05) is 13.2 Å². The average molecular weight is 265 g/mol. The Morgan fingerprint density at radius 2 is 1.95 bits per heavy atom. The largest absolute Gasteiger partial charge is 0.466 e. The molecule has 1 atom stereocenters. The van der Waals surface area contributed by atoms with Gasteiger partial charge in [-0.15, -0.1) is 0 Å². The summed E-state index contributed by atoms with van der Waals surface area (Å²) in [5.74, 6) is -0.672. The van der Waals surface area contributed by atoms with E-state index < -0.39 is 12.0 Å². The van der Waals surface area contributed by atoms with Crippen LogP contribution in [-0.2, 0) is 14.3 Å². The molecule has 0 saturated carbocycles. The lowest BCUT2D eigenvalue weighted by atomic mass is 10.1. The summed E-state index contributed by atoms with van der Waals surface area (Å²) in [7, 11) is 0. The van der Waals surface area contributed by atoms with Crippen molar-refractivity contribution < 1.29 is 19.4 Å². The number of carbonyl (C=O) groups excluding carboxylic acids is 2. The van der Waals surface area contributed by atoms with Gasteiger partial charge in [-0.2, -0.15) is 0 Å². The molecule has 0 aliphatic carbocycles. The number of esters is 1. The highest BCUT2D eigenvalue weighted by molar-refractivity contribution is 5.81. The van der Waals surface area contributed by atoms with Gasteiger partial charge in [0.2, 0.25) is 5.91 Å². The second-order valence-electron chi connectivity index (χ2n) is 4.02. The van der Waals surface area contributed by atoms with Gasteiger partial charge in [-0.3, -0.25) is 9.59 Å². The topological polar surface area (TPSA) is 75.6 Å². The van der Waals surface area contributed by atoms with Crippen LogP contribution in [0.2, 0.25) is 0 Å². The number of rotatable bonds is 7. The van der Waals surface area contributed by atoms with Crippen LogP contribution in [0.4, 0.5) is 0 Å². The van der Waals surface area contributed by atoms with Gasteiger partial charge in [-0.25, -0.2) is 0 Å². The number of amides is 1. The van der Waals surface area contributed by atoms with Gasteiger partial charge >= 0.3 is 5.97 Å². The lowest BCUT2D eigenvalue weighted by molar-refractivity contribution is -0.144. The predicted molar refractivity (Wildman–Crippen MR) is 70.3 cm³/mol. The molecule has 0 saturated heterocycles. The molecule has 0 aliphatic heterocycles. The smallest absolute Gasteiger partial charge is 0.306 e. The highest BCUT2D eigenvalue weighted by Gasteiger charge is 2.14. The number of ether oxygens (including phenoxy) is 1. The molecule has 1 aromatic rings. The van der Waals surface area contributed by atoms with E-state index in [0.29, 0.717) is 6.61 Å². The minimum absolute atomic E-state index is 0.0482. The fourth-order valence-electron chi connectivity index (χ4n) is 1.63. The second kappa shape index (κ2) is 8.26. The molecule has 0 heterocycles. The number of nitrogens with one attached hydrogen (secondary N) is 1. The Balaban J connectivity index is 2.44. The normalized spacial score (nSPS) is 11.7. The van der Waals surface area contributed by atoms with Crippen LogP contribution >= 0.6 is 0 Å². The molecule has 0 fully saturated rings. The molecule has 5 heteroatoms. The molecule has 5 nitrogen and oxygen atoms in total. The minimum Gasteiger partial charge on any atom is -0.466 e. The summed E-state index contributed by atoms with van der Waals surface area (Å²) in [5.41, 5.74) is 0.828. The van der Waals surface area contributed by atoms with E-state index in [-0.39, 0.29) is 25.4 Å². The van der Waals surface area contributed by atoms with E-state index in [0.717, 1.165) is 5.56 Å². The first-order chi connectivity index (χ1) is 9.17. The summed E-state index contributed by atoms with van der Waals surface area (Å²) in [6.45, 7) is 1.84. The van der Waals surface area contributed by atoms with E-state index in [1.807, 2.05) is 30.3 Å². The number of carbonyl (C=O) groups is 2. The number of aliphatic hydroxyl groups is 1. The molecule has 1 aromatic carbocycles. The van der Waals surface area contributed by atoms with Crippen molar-refractivity contribution >= 4 is 11.9 Å². The Labute approximate surface area is 112 Å². The predicted octanol–water partition coefficient (Wildman–Crippen LogP) is 1.18. The van der Waals surface area contributed by atoms with E-state index >= 15 is 0 Å². The van der Waals surface area contributed by atoms with Gasteiger partial charge in [0.05, 0.1) is 25.7 Å². The average Bonchev–Trinajstić information content (AvgIpc) is 2.44. The van der Waals surface area contributed by atoms with Gasteiger partial charge in [0.1, 0.15) is 0 Å². The van der Waals surface area contributed by atoms with E-state index in [4.69, 9.17) is 4.74 Å². The maximum absolute atomic E-state index is 11.7.